The second kappa shape index (κ2) is 4.11. The second-order valence-corrected chi connectivity index (χ2v) is 6.17. The molecule has 2 saturated carbocycles. The Bertz CT molecular complexity index is 383. The molecule has 2 aliphatic rings. The lowest BCUT2D eigenvalue weighted by Crippen LogP contribution is -2.25. The minimum absolute atomic E-state index is 0.694. The summed E-state index contributed by atoms with van der Waals surface area (Å²) in [5, 5.41) is 3.59. The lowest BCUT2D eigenvalue weighted by molar-refractivity contribution is 0.403. The Morgan fingerprint density at radius 2 is 2.19 bits per heavy atom. The number of hydrogen-bond acceptors (Lipinski definition) is 2. The topological polar surface area (TPSA) is 24.9 Å². The molecular formula is C13H17BrN2. The van der Waals surface area contributed by atoms with Gasteiger partial charge in [0, 0.05) is 30.0 Å². The lowest BCUT2D eigenvalue weighted by Gasteiger charge is -2.14. The van der Waals surface area contributed by atoms with Gasteiger partial charge in [-0.25, -0.2) is 0 Å². The summed E-state index contributed by atoms with van der Waals surface area (Å²) < 4.78 is 1.06. The molecular weight excluding hydrogens is 264 g/mol. The highest BCUT2D eigenvalue weighted by Gasteiger charge is 2.53. The Labute approximate surface area is 105 Å². The van der Waals surface area contributed by atoms with Gasteiger partial charge in [-0.2, -0.15) is 0 Å². The average Bonchev–Trinajstić information content (AvgIpc) is 3.13. The van der Waals surface area contributed by atoms with E-state index in [1.165, 1.54) is 37.8 Å². The van der Waals surface area contributed by atoms with Crippen LogP contribution in [0.5, 0.6) is 0 Å². The van der Waals surface area contributed by atoms with Crippen molar-refractivity contribution in [1.29, 1.82) is 0 Å². The van der Waals surface area contributed by atoms with Crippen LogP contribution >= 0.6 is 15.9 Å². The molecule has 0 aliphatic heterocycles. The van der Waals surface area contributed by atoms with E-state index in [1.54, 1.807) is 0 Å². The van der Waals surface area contributed by atoms with Crippen molar-refractivity contribution in [2.75, 3.05) is 6.54 Å². The molecule has 1 aromatic heterocycles. The van der Waals surface area contributed by atoms with E-state index >= 15 is 0 Å². The maximum atomic E-state index is 4.18. The van der Waals surface area contributed by atoms with Crippen LogP contribution in [0.15, 0.2) is 22.9 Å². The van der Waals surface area contributed by atoms with Gasteiger partial charge in [-0.1, -0.05) is 0 Å². The standard InChI is InChI=1S/C13H17BrN2/c14-12-5-10(6-15-8-12)7-16-9-13(3-4-13)11-1-2-11/h5-6,8,11,16H,1-4,7,9H2. The first-order valence-corrected chi connectivity index (χ1v) is 6.88. The number of halogens is 1. The van der Waals surface area contributed by atoms with Crippen LogP contribution in [-0.2, 0) is 6.54 Å². The van der Waals surface area contributed by atoms with Gasteiger partial charge in [0.25, 0.3) is 0 Å². The maximum Gasteiger partial charge on any atom is 0.0410 e. The monoisotopic (exact) mass is 280 g/mol. The van der Waals surface area contributed by atoms with Gasteiger partial charge in [0.2, 0.25) is 0 Å². The minimum Gasteiger partial charge on any atom is -0.312 e. The summed E-state index contributed by atoms with van der Waals surface area (Å²) in [6.45, 7) is 2.14. The number of nitrogens with one attached hydrogen (secondary N) is 1. The summed E-state index contributed by atoms with van der Waals surface area (Å²) in [7, 11) is 0. The fourth-order valence-corrected chi connectivity index (χ4v) is 3.01. The Morgan fingerprint density at radius 3 is 2.81 bits per heavy atom. The normalized spacial score (nSPS) is 22.1. The Kier molecular flexibility index (Phi) is 2.76. The third-order valence-electron chi connectivity index (χ3n) is 3.90. The fraction of sp³-hybridized carbons (Fsp3) is 0.615. The summed E-state index contributed by atoms with van der Waals surface area (Å²) in [6, 6.07) is 2.14. The first kappa shape index (κ1) is 10.7. The number of pyridine rings is 1. The van der Waals surface area contributed by atoms with Crippen molar-refractivity contribution in [3.63, 3.8) is 0 Å². The van der Waals surface area contributed by atoms with E-state index in [4.69, 9.17) is 0 Å². The molecule has 3 heteroatoms. The van der Waals surface area contributed by atoms with Crippen molar-refractivity contribution < 1.29 is 0 Å². The van der Waals surface area contributed by atoms with Crippen molar-refractivity contribution in [2.45, 2.75) is 32.2 Å². The molecule has 16 heavy (non-hydrogen) atoms. The van der Waals surface area contributed by atoms with Gasteiger partial charge in [-0.05, 0) is 64.6 Å². The Morgan fingerprint density at radius 1 is 1.38 bits per heavy atom. The molecule has 1 heterocycles. The van der Waals surface area contributed by atoms with E-state index in [-0.39, 0.29) is 0 Å². The zero-order valence-corrected chi connectivity index (χ0v) is 11.0. The van der Waals surface area contributed by atoms with Crippen LogP contribution in [0.4, 0.5) is 0 Å². The van der Waals surface area contributed by atoms with Gasteiger partial charge < -0.3 is 5.32 Å². The van der Waals surface area contributed by atoms with E-state index in [9.17, 15) is 0 Å². The van der Waals surface area contributed by atoms with Crippen molar-refractivity contribution >= 4 is 15.9 Å². The SMILES string of the molecule is Brc1cncc(CNCC2(C3CC3)CC2)c1. The van der Waals surface area contributed by atoms with Crippen LogP contribution in [0.2, 0.25) is 0 Å². The van der Waals surface area contributed by atoms with E-state index in [1.807, 2.05) is 12.4 Å². The fourth-order valence-electron chi connectivity index (χ4n) is 2.59. The Balaban J connectivity index is 1.50. The van der Waals surface area contributed by atoms with E-state index < -0.39 is 0 Å². The Hall–Kier alpha value is -0.410. The molecule has 0 radical (unpaired) electrons. The smallest absolute Gasteiger partial charge is 0.0410 e. The van der Waals surface area contributed by atoms with Gasteiger partial charge in [0.05, 0.1) is 0 Å². The summed E-state index contributed by atoms with van der Waals surface area (Å²) in [6.07, 6.45) is 9.60. The van der Waals surface area contributed by atoms with Crippen molar-refractivity contribution in [2.24, 2.45) is 11.3 Å². The molecule has 2 fully saturated rings. The van der Waals surface area contributed by atoms with Crippen LogP contribution in [0, 0.1) is 11.3 Å². The largest absolute Gasteiger partial charge is 0.312 e. The molecule has 0 amide bonds. The predicted molar refractivity (Wildman–Crippen MR) is 68.0 cm³/mol. The summed E-state index contributed by atoms with van der Waals surface area (Å²) in [5.41, 5.74) is 1.96. The minimum atomic E-state index is 0.694. The van der Waals surface area contributed by atoms with E-state index in [2.05, 4.69) is 32.3 Å². The molecule has 0 saturated heterocycles. The number of aromatic nitrogens is 1. The van der Waals surface area contributed by atoms with Crippen LogP contribution in [-0.4, -0.2) is 11.5 Å². The number of nitrogens with zero attached hydrogens (tertiary/aromatic N) is 1. The van der Waals surface area contributed by atoms with Gasteiger partial charge >= 0.3 is 0 Å². The highest BCUT2D eigenvalue weighted by molar-refractivity contribution is 9.10. The van der Waals surface area contributed by atoms with E-state index in [0.717, 1.165) is 16.9 Å². The summed E-state index contributed by atoms with van der Waals surface area (Å²) in [4.78, 5) is 4.18. The van der Waals surface area contributed by atoms with Crippen LogP contribution < -0.4 is 5.32 Å². The van der Waals surface area contributed by atoms with E-state index in [0.29, 0.717) is 5.41 Å². The molecule has 1 aromatic rings. The molecule has 1 N–H and O–H groups in total. The average molecular weight is 281 g/mol. The molecule has 2 nitrogen and oxygen atoms in total. The molecule has 0 spiro atoms. The number of hydrogen-bond donors (Lipinski definition) is 1. The van der Waals surface area contributed by atoms with Crippen molar-refractivity contribution in [3.05, 3.63) is 28.5 Å². The van der Waals surface area contributed by atoms with Crippen LogP contribution in [0.3, 0.4) is 0 Å². The highest BCUT2D eigenvalue weighted by atomic mass is 79.9. The molecule has 0 atom stereocenters. The zero-order chi connectivity index (χ0) is 11.0. The predicted octanol–water partition coefficient (Wildman–Crippen LogP) is 3.12. The summed E-state index contributed by atoms with van der Waals surface area (Å²) in [5.74, 6) is 1.04. The van der Waals surface area contributed by atoms with Gasteiger partial charge in [-0.15, -0.1) is 0 Å². The quantitative estimate of drug-likeness (QED) is 0.897. The second-order valence-electron chi connectivity index (χ2n) is 5.25. The van der Waals surface area contributed by atoms with Crippen LogP contribution in [0.25, 0.3) is 0 Å². The molecule has 0 aromatic carbocycles. The molecule has 2 aliphatic carbocycles. The van der Waals surface area contributed by atoms with Crippen LogP contribution in [0.1, 0.15) is 31.2 Å². The maximum absolute atomic E-state index is 4.18. The lowest BCUT2D eigenvalue weighted by atomic mass is 10.0. The third kappa shape index (κ3) is 2.30. The molecule has 86 valence electrons. The first-order valence-electron chi connectivity index (χ1n) is 6.09. The third-order valence-corrected chi connectivity index (χ3v) is 4.34. The highest BCUT2D eigenvalue weighted by Crippen LogP contribution is 2.60. The van der Waals surface area contributed by atoms with Crippen molar-refractivity contribution in [1.82, 2.24) is 10.3 Å². The van der Waals surface area contributed by atoms with Gasteiger partial charge in [-0.3, -0.25) is 4.98 Å². The molecule has 3 rings (SSSR count). The summed E-state index contributed by atoms with van der Waals surface area (Å²) >= 11 is 3.45. The molecule has 0 bridgehead atoms. The zero-order valence-electron chi connectivity index (χ0n) is 9.38. The number of rotatable bonds is 5. The first-order chi connectivity index (χ1) is 7.78. The van der Waals surface area contributed by atoms with Gasteiger partial charge in [0.1, 0.15) is 0 Å². The van der Waals surface area contributed by atoms with Gasteiger partial charge in [0.15, 0.2) is 0 Å². The molecule has 0 unspecified atom stereocenters. The van der Waals surface area contributed by atoms with Crippen molar-refractivity contribution in [3.8, 4) is 0 Å².